The molecule has 0 N–H and O–H groups in total. The van der Waals surface area contributed by atoms with E-state index in [1.807, 2.05) is 0 Å². The predicted octanol–water partition coefficient (Wildman–Crippen LogP) is 5.74. The van der Waals surface area contributed by atoms with E-state index in [2.05, 4.69) is 126 Å². The van der Waals surface area contributed by atoms with Gasteiger partial charge in [-0.1, -0.05) is 6.58 Å². The molecule has 0 radical (unpaired) electrons. The van der Waals surface area contributed by atoms with Crippen LogP contribution in [0.2, 0.25) is 0 Å². The summed E-state index contributed by atoms with van der Waals surface area (Å²) in [5.41, 5.74) is 2.45. The first-order valence-corrected chi connectivity index (χ1v) is 8.94. The van der Waals surface area contributed by atoms with Crippen LogP contribution in [0, 0.1) is 17.9 Å². The van der Waals surface area contributed by atoms with Gasteiger partial charge in [0.1, 0.15) is 0 Å². The molecule has 0 spiro atoms. The molecule has 0 aromatic heterocycles. The first-order valence-electron chi connectivity index (χ1n) is 3.55. The third-order valence-electron chi connectivity index (χ3n) is 1.64. The van der Waals surface area contributed by atoms with Crippen molar-refractivity contribution in [2.24, 2.45) is 0 Å². The molecule has 0 nitrogen and oxygen atoms in total. The van der Waals surface area contributed by atoms with Gasteiger partial charge >= 0.3 is 0 Å². The lowest BCUT2D eigenvalue weighted by molar-refractivity contribution is 1.38. The molecule has 0 aliphatic carbocycles. The number of hydrogen-bond acceptors (Lipinski definition) is 0. The summed E-state index contributed by atoms with van der Waals surface area (Å²) in [5.74, 6) is 0. The lowest BCUT2D eigenvalue weighted by atomic mass is 10.1. The summed E-state index contributed by atoms with van der Waals surface area (Å²) < 4.78 is 6.68. The van der Waals surface area contributed by atoms with E-state index in [1.165, 1.54) is 23.4 Å². The van der Waals surface area contributed by atoms with Gasteiger partial charge in [0.05, 0.1) is 0 Å². The SMILES string of the molecule is C=C(C)c1c(I)c(I)c(I)c(I)c1I. The van der Waals surface area contributed by atoms with E-state index in [9.17, 15) is 0 Å². The molecule has 1 rings (SSSR count). The van der Waals surface area contributed by atoms with Crippen molar-refractivity contribution < 1.29 is 0 Å². The molecule has 0 fully saturated rings. The second-order valence-electron chi connectivity index (χ2n) is 2.73. The quantitative estimate of drug-likeness (QED) is 0.196. The van der Waals surface area contributed by atoms with Crippen molar-refractivity contribution in [3.8, 4) is 0 Å². The van der Waals surface area contributed by atoms with Gasteiger partial charge in [0.15, 0.2) is 0 Å². The molecule has 0 atom stereocenters. The summed E-state index contributed by atoms with van der Waals surface area (Å²) in [4.78, 5) is 0. The monoisotopic (exact) mass is 748 g/mol. The van der Waals surface area contributed by atoms with Crippen molar-refractivity contribution >= 4 is 119 Å². The number of benzene rings is 1. The highest BCUT2D eigenvalue weighted by atomic mass is 127. The Labute approximate surface area is 152 Å². The van der Waals surface area contributed by atoms with Crippen LogP contribution in [0.15, 0.2) is 6.58 Å². The summed E-state index contributed by atoms with van der Waals surface area (Å²) >= 11 is 12.0. The molecular weight excluding hydrogens is 743 g/mol. The third-order valence-corrected chi connectivity index (χ3v) is 11.2. The number of halogens is 5. The summed E-state index contributed by atoms with van der Waals surface area (Å²) in [6.45, 7) is 6.11. The zero-order chi connectivity index (χ0) is 11.0. The van der Waals surface area contributed by atoms with E-state index < -0.39 is 0 Å². The van der Waals surface area contributed by atoms with Crippen LogP contribution >= 0.6 is 113 Å². The molecule has 0 saturated heterocycles. The normalized spacial score (nSPS) is 10.4. The average molecular weight is 748 g/mol. The summed E-state index contributed by atoms with van der Waals surface area (Å²) in [6.07, 6.45) is 0. The third kappa shape index (κ3) is 2.89. The molecule has 1 aromatic carbocycles. The molecule has 14 heavy (non-hydrogen) atoms. The van der Waals surface area contributed by atoms with Crippen LogP contribution in [-0.4, -0.2) is 0 Å². The molecule has 5 heteroatoms. The summed E-state index contributed by atoms with van der Waals surface area (Å²) in [5, 5.41) is 0. The topological polar surface area (TPSA) is 0 Å². The Bertz CT molecular complexity index is 379. The second-order valence-corrected chi connectivity index (χ2v) is 8.12. The first-order chi connectivity index (χ1) is 6.37. The fourth-order valence-corrected chi connectivity index (χ4v) is 6.66. The summed E-state index contributed by atoms with van der Waals surface area (Å²) in [7, 11) is 0. The van der Waals surface area contributed by atoms with Crippen LogP contribution in [0.3, 0.4) is 0 Å². The molecule has 0 heterocycles. The van der Waals surface area contributed by atoms with Crippen LogP contribution in [0.1, 0.15) is 12.5 Å². The molecule has 0 aliphatic rings. The molecule has 1 aromatic rings. The van der Waals surface area contributed by atoms with Gasteiger partial charge in [0, 0.05) is 23.4 Å². The standard InChI is InChI=1S/C9H5I5/c1-3(2)4-5(10)7(12)9(14)8(13)6(4)11/h1H2,2H3. The molecule has 0 saturated carbocycles. The molecule has 76 valence electrons. The smallest absolute Gasteiger partial charge is 0.0419 e. The Morgan fingerprint density at radius 3 is 1.36 bits per heavy atom. The lowest BCUT2D eigenvalue weighted by Crippen LogP contribution is -2.01. The van der Waals surface area contributed by atoms with E-state index in [0.29, 0.717) is 0 Å². The van der Waals surface area contributed by atoms with E-state index >= 15 is 0 Å². The van der Waals surface area contributed by atoms with Gasteiger partial charge in [0.25, 0.3) is 0 Å². The number of hydrogen-bond donors (Lipinski definition) is 0. The maximum atomic E-state index is 4.04. The van der Waals surface area contributed by atoms with Crippen LogP contribution in [0.5, 0.6) is 0 Å². The highest BCUT2D eigenvalue weighted by Gasteiger charge is 2.17. The molecule has 0 bridgehead atoms. The van der Waals surface area contributed by atoms with Gasteiger partial charge in [-0.05, 0) is 125 Å². The lowest BCUT2D eigenvalue weighted by Gasteiger charge is -2.13. The Morgan fingerprint density at radius 1 is 0.786 bits per heavy atom. The van der Waals surface area contributed by atoms with Crippen molar-refractivity contribution in [1.29, 1.82) is 0 Å². The van der Waals surface area contributed by atoms with Crippen molar-refractivity contribution in [2.45, 2.75) is 6.92 Å². The molecular formula is C9H5I5. The predicted molar refractivity (Wildman–Crippen MR) is 105 cm³/mol. The maximum Gasteiger partial charge on any atom is 0.0419 e. The van der Waals surface area contributed by atoms with Crippen molar-refractivity contribution in [1.82, 2.24) is 0 Å². The minimum absolute atomic E-state index is 1.14. The van der Waals surface area contributed by atoms with Gasteiger partial charge < -0.3 is 0 Å². The highest BCUT2D eigenvalue weighted by Crippen LogP contribution is 2.36. The Morgan fingerprint density at radius 2 is 1.07 bits per heavy atom. The van der Waals surface area contributed by atoms with E-state index in [1.54, 1.807) is 0 Å². The van der Waals surface area contributed by atoms with Crippen molar-refractivity contribution in [3.05, 3.63) is 30.0 Å². The van der Waals surface area contributed by atoms with Gasteiger partial charge in [0.2, 0.25) is 0 Å². The minimum atomic E-state index is 1.14. The largest absolute Gasteiger partial charge is 0.0954 e. The first kappa shape index (κ1) is 14.7. The van der Waals surface area contributed by atoms with Gasteiger partial charge in [-0.15, -0.1) is 0 Å². The van der Waals surface area contributed by atoms with Crippen LogP contribution in [-0.2, 0) is 0 Å². The minimum Gasteiger partial charge on any atom is -0.0954 e. The Balaban J connectivity index is 3.68. The number of rotatable bonds is 1. The zero-order valence-electron chi connectivity index (χ0n) is 7.10. The second kappa shape index (κ2) is 5.98. The van der Waals surface area contributed by atoms with Gasteiger partial charge in [-0.25, -0.2) is 0 Å². The molecule has 0 amide bonds. The summed E-state index contributed by atoms with van der Waals surface area (Å²) in [6, 6.07) is 0. The molecule has 0 aliphatic heterocycles. The highest BCUT2D eigenvalue weighted by molar-refractivity contribution is 14.1. The number of allylic oxidation sites excluding steroid dienone is 1. The van der Waals surface area contributed by atoms with Crippen LogP contribution in [0.4, 0.5) is 0 Å². The van der Waals surface area contributed by atoms with Crippen molar-refractivity contribution in [3.63, 3.8) is 0 Å². The van der Waals surface area contributed by atoms with Gasteiger partial charge in [-0.2, -0.15) is 0 Å². The van der Waals surface area contributed by atoms with Crippen molar-refractivity contribution in [2.75, 3.05) is 0 Å². The van der Waals surface area contributed by atoms with E-state index in [-0.39, 0.29) is 0 Å². The molecule has 0 unspecified atom stereocenters. The average Bonchev–Trinajstić information content (AvgIpc) is 2.11. The Hall–Kier alpha value is 2.61. The van der Waals surface area contributed by atoms with Gasteiger partial charge in [-0.3, -0.25) is 0 Å². The maximum absolute atomic E-state index is 4.04. The fourth-order valence-electron chi connectivity index (χ4n) is 0.980. The van der Waals surface area contributed by atoms with E-state index in [0.717, 1.165) is 5.57 Å². The van der Waals surface area contributed by atoms with E-state index in [4.69, 9.17) is 0 Å². The Kier molecular flexibility index (Phi) is 6.26. The fraction of sp³-hybridized carbons (Fsp3) is 0.111. The zero-order valence-corrected chi connectivity index (χ0v) is 17.9. The van der Waals surface area contributed by atoms with Crippen LogP contribution in [0.25, 0.3) is 5.57 Å². The van der Waals surface area contributed by atoms with Crippen LogP contribution < -0.4 is 0 Å².